The van der Waals surface area contributed by atoms with E-state index in [0.717, 1.165) is 26.1 Å². The van der Waals surface area contributed by atoms with Gasteiger partial charge >= 0.3 is 0 Å². The molecule has 1 fully saturated rings. The van der Waals surface area contributed by atoms with Gasteiger partial charge in [0.1, 0.15) is 4.99 Å². The first-order valence-electron chi connectivity index (χ1n) is 6.21. The lowest BCUT2D eigenvalue weighted by molar-refractivity contribution is 0.127. The van der Waals surface area contributed by atoms with Crippen molar-refractivity contribution < 1.29 is 5.11 Å². The zero-order chi connectivity index (χ0) is 13.1. The van der Waals surface area contributed by atoms with E-state index < -0.39 is 0 Å². The van der Waals surface area contributed by atoms with Gasteiger partial charge < -0.3 is 10.8 Å². The summed E-state index contributed by atoms with van der Waals surface area (Å²) in [5.41, 5.74) is 7.42. The molecule has 1 saturated heterocycles. The minimum Gasteiger partial charge on any atom is -0.393 e. The average molecular weight is 265 g/mol. The Bertz CT molecular complexity index is 436. The number of aromatic nitrogens is 1. The maximum atomic E-state index is 9.58. The van der Waals surface area contributed by atoms with Crippen molar-refractivity contribution in [1.82, 2.24) is 9.88 Å². The highest BCUT2D eigenvalue weighted by molar-refractivity contribution is 7.80. The predicted octanol–water partition coefficient (Wildman–Crippen LogP) is 0.919. The van der Waals surface area contributed by atoms with E-state index in [1.807, 2.05) is 19.1 Å². The second kappa shape index (κ2) is 5.73. The van der Waals surface area contributed by atoms with Gasteiger partial charge in [0.05, 0.1) is 11.8 Å². The van der Waals surface area contributed by atoms with Crippen LogP contribution in [0.5, 0.6) is 0 Å². The lowest BCUT2D eigenvalue weighted by atomic mass is 10.0. The summed E-state index contributed by atoms with van der Waals surface area (Å²) < 4.78 is 0. The first kappa shape index (κ1) is 13.4. The largest absolute Gasteiger partial charge is 0.393 e. The lowest BCUT2D eigenvalue weighted by Gasteiger charge is -2.17. The Morgan fingerprint density at radius 2 is 2.50 bits per heavy atom. The zero-order valence-electron chi connectivity index (χ0n) is 10.5. The molecule has 0 bridgehead atoms. The molecule has 0 aliphatic carbocycles. The molecular formula is C13H19N3OS. The van der Waals surface area contributed by atoms with Gasteiger partial charge in [0.15, 0.2) is 0 Å². The van der Waals surface area contributed by atoms with Gasteiger partial charge in [0, 0.05) is 19.3 Å². The van der Waals surface area contributed by atoms with Crippen LogP contribution in [0.2, 0.25) is 0 Å². The maximum Gasteiger partial charge on any atom is 0.122 e. The Balaban J connectivity index is 1.98. The Labute approximate surface area is 113 Å². The number of aliphatic hydroxyl groups excluding tert-OH is 1. The number of rotatable bonds is 4. The molecule has 1 aliphatic heterocycles. The second-order valence-electron chi connectivity index (χ2n) is 4.94. The third-order valence-electron chi connectivity index (χ3n) is 3.47. The summed E-state index contributed by atoms with van der Waals surface area (Å²) in [5.74, 6) is 0.391. The van der Waals surface area contributed by atoms with Crippen molar-refractivity contribution in [1.29, 1.82) is 0 Å². The standard InChI is InChI=1S/C13H19N3OS/c1-9(17)11-3-5-16(8-11)7-10-2-4-15-12(6-10)13(14)18/h2,4,6,9,11,17H,3,5,7-8H2,1H3,(H2,14,18). The molecule has 1 aromatic rings. The molecule has 0 spiro atoms. The van der Waals surface area contributed by atoms with Crippen LogP contribution >= 0.6 is 12.2 Å². The summed E-state index contributed by atoms with van der Waals surface area (Å²) in [4.78, 5) is 6.81. The highest BCUT2D eigenvalue weighted by atomic mass is 32.1. The van der Waals surface area contributed by atoms with Crippen LogP contribution in [0.3, 0.4) is 0 Å². The van der Waals surface area contributed by atoms with E-state index in [9.17, 15) is 5.11 Å². The minimum absolute atomic E-state index is 0.223. The third kappa shape index (κ3) is 3.25. The van der Waals surface area contributed by atoms with Crippen LogP contribution in [0.1, 0.15) is 24.6 Å². The molecule has 1 aliphatic rings. The second-order valence-corrected chi connectivity index (χ2v) is 5.38. The van der Waals surface area contributed by atoms with E-state index in [2.05, 4.69) is 9.88 Å². The predicted molar refractivity (Wildman–Crippen MR) is 75.2 cm³/mol. The summed E-state index contributed by atoms with van der Waals surface area (Å²) in [6.07, 6.45) is 2.58. The minimum atomic E-state index is -0.223. The molecule has 4 nitrogen and oxygen atoms in total. The number of nitrogens with two attached hydrogens (primary N) is 1. The highest BCUT2D eigenvalue weighted by Crippen LogP contribution is 2.21. The molecular weight excluding hydrogens is 246 g/mol. The molecule has 3 N–H and O–H groups in total. The first-order chi connectivity index (χ1) is 8.56. The average Bonchev–Trinajstić information content (AvgIpc) is 2.78. The number of aliphatic hydroxyl groups is 1. The van der Waals surface area contributed by atoms with Crippen molar-refractivity contribution >= 4 is 17.2 Å². The van der Waals surface area contributed by atoms with Crippen molar-refractivity contribution in [2.45, 2.75) is 26.0 Å². The van der Waals surface area contributed by atoms with E-state index in [4.69, 9.17) is 18.0 Å². The zero-order valence-corrected chi connectivity index (χ0v) is 11.4. The van der Waals surface area contributed by atoms with Crippen LogP contribution in [-0.2, 0) is 6.54 Å². The number of likely N-dealkylation sites (tertiary alicyclic amines) is 1. The molecule has 2 atom stereocenters. The van der Waals surface area contributed by atoms with Crippen molar-refractivity contribution in [3.8, 4) is 0 Å². The van der Waals surface area contributed by atoms with Crippen LogP contribution in [0.15, 0.2) is 18.3 Å². The fraction of sp³-hybridized carbons (Fsp3) is 0.538. The van der Waals surface area contributed by atoms with Crippen molar-refractivity contribution in [2.24, 2.45) is 11.7 Å². The van der Waals surface area contributed by atoms with Crippen molar-refractivity contribution in [3.05, 3.63) is 29.6 Å². The number of nitrogens with zero attached hydrogens (tertiary/aromatic N) is 2. The fourth-order valence-electron chi connectivity index (χ4n) is 2.37. The van der Waals surface area contributed by atoms with E-state index in [1.165, 1.54) is 5.56 Å². The molecule has 2 rings (SSSR count). The van der Waals surface area contributed by atoms with E-state index >= 15 is 0 Å². The number of hydrogen-bond acceptors (Lipinski definition) is 4. The molecule has 0 aromatic carbocycles. The molecule has 18 heavy (non-hydrogen) atoms. The quantitative estimate of drug-likeness (QED) is 0.793. The Kier molecular flexibility index (Phi) is 4.27. The third-order valence-corrected chi connectivity index (χ3v) is 3.68. The summed E-state index contributed by atoms with van der Waals surface area (Å²) in [6, 6.07) is 3.93. The van der Waals surface area contributed by atoms with Gasteiger partial charge in [-0.05, 0) is 43.5 Å². The van der Waals surface area contributed by atoms with Gasteiger partial charge in [-0.1, -0.05) is 12.2 Å². The van der Waals surface area contributed by atoms with Gasteiger partial charge in [-0.2, -0.15) is 0 Å². The first-order valence-corrected chi connectivity index (χ1v) is 6.62. The Morgan fingerprint density at radius 1 is 1.72 bits per heavy atom. The molecule has 0 radical (unpaired) electrons. The van der Waals surface area contributed by atoms with E-state index in [1.54, 1.807) is 6.20 Å². The summed E-state index contributed by atoms with van der Waals surface area (Å²) in [6.45, 7) is 4.70. The van der Waals surface area contributed by atoms with Gasteiger partial charge in [-0.3, -0.25) is 9.88 Å². The molecule has 0 amide bonds. The van der Waals surface area contributed by atoms with Gasteiger partial charge in [0.25, 0.3) is 0 Å². The van der Waals surface area contributed by atoms with Crippen LogP contribution in [0, 0.1) is 5.92 Å². The smallest absolute Gasteiger partial charge is 0.122 e. The van der Waals surface area contributed by atoms with Crippen molar-refractivity contribution in [2.75, 3.05) is 13.1 Å². The van der Waals surface area contributed by atoms with E-state index in [-0.39, 0.29) is 6.10 Å². The SMILES string of the molecule is CC(O)C1CCN(Cc2ccnc(C(N)=S)c2)C1. The van der Waals surface area contributed by atoms with Crippen LogP contribution < -0.4 is 5.73 Å². The monoisotopic (exact) mass is 265 g/mol. The molecule has 1 aromatic heterocycles. The number of thiocarbonyl (C=S) groups is 1. The number of pyridine rings is 1. The maximum absolute atomic E-state index is 9.58. The van der Waals surface area contributed by atoms with Gasteiger partial charge in [-0.15, -0.1) is 0 Å². The van der Waals surface area contributed by atoms with Gasteiger partial charge in [0.2, 0.25) is 0 Å². The van der Waals surface area contributed by atoms with Gasteiger partial charge in [-0.25, -0.2) is 0 Å². The Hall–Kier alpha value is -1.04. The summed E-state index contributed by atoms with van der Waals surface area (Å²) in [5, 5.41) is 9.58. The van der Waals surface area contributed by atoms with E-state index in [0.29, 0.717) is 16.6 Å². The molecule has 5 heteroatoms. The Morgan fingerprint density at radius 3 is 3.11 bits per heavy atom. The molecule has 2 heterocycles. The highest BCUT2D eigenvalue weighted by Gasteiger charge is 2.25. The normalized spacial score (nSPS) is 22.0. The van der Waals surface area contributed by atoms with Crippen LogP contribution in [0.25, 0.3) is 0 Å². The number of hydrogen-bond donors (Lipinski definition) is 2. The molecule has 0 saturated carbocycles. The van der Waals surface area contributed by atoms with Crippen molar-refractivity contribution in [3.63, 3.8) is 0 Å². The molecule has 98 valence electrons. The summed E-state index contributed by atoms with van der Waals surface area (Å²) in [7, 11) is 0. The van der Waals surface area contributed by atoms with Crippen LogP contribution in [0.4, 0.5) is 0 Å². The van der Waals surface area contributed by atoms with Crippen LogP contribution in [-0.4, -0.2) is 39.2 Å². The fourth-order valence-corrected chi connectivity index (χ4v) is 2.48. The molecule has 2 unspecified atom stereocenters. The topological polar surface area (TPSA) is 62.4 Å². The lowest BCUT2D eigenvalue weighted by Crippen LogP contribution is -2.24. The summed E-state index contributed by atoms with van der Waals surface area (Å²) >= 11 is 4.93.